The molecule has 0 fully saturated rings. The van der Waals surface area contributed by atoms with Crippen molar-refractivity contribution in [3.8, 4) is 17.2 Å². The van der Waals surface area contributed by atoms with Gasteiger partial charge in [0.1, 0.15) is 17.2 Å². The van der Waals surface area contributed by atoms with Crippen molar-refractivity contribution < 1.29 is 14.9 Å². The van der Waals surface area contributed by atoms with Crippen molar-refractivity contribution in [3.05, 3.63) is 76.3 Å². The summed E-state index contributed by atoms with van der Waals surface area (Å²) >= 11 is 0. The molecule has 0 aliphatic carbocycles. The first-order valence-corrected chi connectivity index (χ1v) is 23.9. The van der Waals surface area contributed by atoms with E-state index < -0.39 is 0 Å². The molecule has 0 saturated heterocycles. The zero-order valence-corrected chi connectivity index (χ0v) is 37.5. The van der Waals surface area contributed by atoms with E-state index in [2.05, 4.69) is 32.9 Å². The fraction of sp³-hybridized carbons (Fsp3) is 0.623. The minimum absolute atomic E-state index is 0.156. The molecule has 0 bridgehead atoms. The summed E-state index contributed by atoms with van der Waals surface area (Å²) in [5.41, 5.74) is 6.61. The first-order chi connectivity index (χ1) is 28.4. The van der Waals surface area contributed by atoms with Crippen LogP contribution >= 0.6 is 0 Å². The van der Waals surface area contributed by atoms with Crippen molar-refractivity contribution in [1.82, 2.24) is 0 Å². The lowest BCUT2D eigenvalue weighted by atomic mass is 9.94. The number of aliphatic imine (C=N–C) groups is 2. The van der Waals surface area contributed by atoms with Crippen LogP contribution in [-0.4, -0.2) is 29.2 Å². The number of hydrogen-bond acceptors (Lipinski definition) is 5. The van der Waals surface area contributed by atoms with Crippen LogP contribution in [0.25, 0.3) is 0 Å². The maximum absolute atomic E-state index is 11.0. The van der Waals surface area contributed by atoms with Gasteiger partial charge in [0.25, 0.3) is 0 Å². The molecule has 0 unspecified atom stereocenters. The summed E-state index contributed by atoms with van der Waals surface area (Å²) in [6.07, 6.45) is 39.2. The number of benzene rings is 3. The Labute approximate surface area is 355 Å². The normalized spacial score (nSPS) is 11.7. The molecule has 0 aliphatic heterocycles. The molecule has 2 N–H and O–H groups in total. The van der Waals surface area contributed by atoms with Crippen LogP contribution in [0.1, 0.15) is 216 Å². The first-order valence-electron chi connectivity index (χ1n) is 23.9. The molecule has 0 aliphatic rings. The number of ether oxygens (including phenoxy) is 1. The number of unbranched alkanes of at least 4 members (excludes halogenated alkanes) is 23. The minimum atomic E-state index is 0.156. The number of nitrogens with zero attached hydrogens (tertiary/aromatic N) is 2. The van der Waals surface area contributed by atoms with Crippen LogP contribution in [0.2, 0.25) is 0 Å². The molecule has 0 atom stereocenters. The highest BCUT2D eigenvalue weighted by atomic mass is 16.5. The highest BCUT2D eigenvalue weighted by molar-refractivity contribution is 5.90. The van der Waals surface area contributed by atoms with E-state index in [1.54, 1.807) is 24.6 Å². The fourth-order valence-corrected chi connectivity index (χ4v) is 7.78. The van der Waals surface area contributed by atoms with Crippen molar-refractivity contribution in [2.45, 2.75) is 207 Å². The Morgan fingerprint density at radius 2 is 0.828 bits per heavy atom. The third kappa shape index (κ3) is 20.9. The highest BCUT2D eigenvalue weighted by Crippen LogP contribution is 2.35. The second kappa shape index (κ2) is 31.3. The predicted octanol–water partition coefficient (Wildman–Crippen LogP) is 16.6. The van der Waals surface area contributed by atoms with Crippen LogP contribution in [0.15, 0.2) is 58.5 Å². The van der Waals surface area contributed by atoms with Crippen LogP contribution < -0.4 is 4.74 Å². The molecule has 0 aromatic heterocycles. The molecule has 3 rings (SSSR count). The minimum Gasteiger partial charge on any atom is -0.507 e. The van der Waals surface area contributed by atoms with Crippen LogP contribution in [-0.2, 0) is 12.8 Å². The van der Waals surface area contributed by atoms with Gasteiger partial charge in [-0.2, -0.15) is 0 Å². The standard InChI is InChI=1S/C53H82N2O3/c1-5-8-11-14-17-20-22-25-28-31-45-39-50(54-42-47-34-33-44(4)38-52(47)56)51(40-46(45)32-29-26-23-21-18-15-12-9-6-2)55-43-48-35-36-49(41-53(48)57)58-37-30-27-24-19-16-13-10-7-3/h33-36,38-43,56-57H,5-32,37H2,1-4H3. The van der Waals surface area contributed by atoms with Gasteiger partial charge in [-0.3, -0.25) is 9.98 Å². The maximum atomic E-state index is 11.0. The van der Waals surface area contributed by atoms with Gasteiger partial charge in [0, 0.05) is 29.6 Å². The molecular weight excluding hydrogens is 713 g/mol. The number of hydrogen-bond donors (Lipinski definition) is 2. The van der Waals surface area contributed by atoms with Crippen molar-refractivity contribution in [1.29, 1.82) is 0 Å². The number of rotatable bonds is 34. The molecule has 5 heteroatoms. The van der Waals surface area contributed by atoms with E-state index in [1.165, 1.54) is 172 Å². The summed E-state index contributed by atoms with van der Waals surface area (Å²) in [5.74, 6) is 1.06. The average Bonchev–Trinajstić information content (AvgIpc) is 3.22. The molecule has 0 radical (unpaired) electrons. The van der Waals surface area contributed by atoms with Gasteiger partial charge in [-0.25, -0.2) is 0 Å². The van der Waals surface area contributed by atoms with E-state index in [9.17, 15) is 10.2 Å². The lowest BCUT2D eigenvalue weighted by molar-refractivity contribution is 0.302. The molecule has 3 aromatic carbocycles. The van der Waals surface area contributed by atoms with Crippen LogP contribution in [0.5, 0.6) is 17.2 Å². The Morgan fingerprint density at radius 3 is 1.24 bits per heavy atom. The fourth-order valence-electron chi connectivity index (χ4n) is 7.78. The van der Waals surface area contributed by atoms with E-state index in [0.29, 0.717) is 23.5 Å². The third-order valence-electron chi connectivity index (χ3n) is 11.5. The lowest BCUT2D eigenvalue weighted by Gasteiger charge is -2.14. The van der Waals surface area contributed by atoms with Gasteiger partial charge in [-0.1, -0.05) is 175 Å². The predicted molar refractivity (Wildman–Crippen MR) is 252 cm³/mol. The molecule has 322 valence electrons. The number of aryl methyl sites for hydroxylation is 3. The largest absolute Gasteiger partial charge is 0.507 e. The van der Waals surface area contributed by atoms with Crippen molar-refractivity contribution >= 4 is 23.8 Å². The zero-order chi connectivity index (χ0) is 41.5. The summed E-state index contributed by atoms with van der Waals surface area (Å²) < 4.78 is 6.00. The number of aromatic hydroxyl groups is 2. The monoisotopic (exact) mass is 795 g/mol. The lowest BCUT2D eigenvalue weighted by Crippen LogP contribution is -1.98. The molecule has 58 heavy (non-hydrogen) atoms. The zero-order valence-electron chi connectivity index (χ0n) is 37.5. The Hall–Kier alpha value is -3.60. The first kappa shape index (κ1) is 48.8. The Bertz CT molecular complexity index is 1580. The summed E-state index contributed by atoms with van der Waals surface area (Å²) in [6, 6.07) is 15.7. The number of phenolic OH excluding ortho intramolecular Hbond substituents is 2. The molecule has 0 spiro atoms. The Kier molecular flexibility index (Phi) is 26.4. The topological polar surface area (TPSA) is 74.4 Å². The van der Waals surface area contributed by atoms with E-state index in [-0.39, 0.29) is 11.5 Å². The van der Waals surface area contributed by atoms with Gasteiger partial charge in [0.05, 0.1) is 18.0 Å². The molecular formula is C53H82N2O3. The van der Waals surface area contributed by atoms with Gasteiger partial charge in [0.15, 0.2) is 0 Å². The van der Waals surface area contributed by atoms with Gasteiger partial charge in [-0.05, 0) is 92.1 Å². The molecule has 0 heterocycles. The van der Waals surface area contributed by atoms with Crippen molar-refractivity contribution in [2.24, 2.45) is 9.98 Å². The third-order valence-corrected chi connectivity index (χ3v) is 11.5. The summed E-state index contributed by atoms with van der Waals surface area (Å²) in [4.78, 5) is 9.94. The van der Waals surface area contributed by atoms with Crippen LogP contribution in [0.4, 0.5) is 11.4 Å². The second-order valence-electron chi connectivity index (χ2n) is 16.9. The maximum Gasteiger partial charge on any atom is 0.128 e. The summed E-state index contributed by atoms with van der Waals surface area (Å²) in [7, 11) is 0. The van der Waals surface area contributed by atoms with Crippen molar-refractivity contribution in [2.75, 3.05) is 6.61 Å². The Balaban J connectivity index is 1.77. The quantitative estimate of drug-likeness (QED) is 0.0467. The summed E-state index contributed by atoms with van der Waals surface area (Å²) in [6.45, 7) is 9.46. The second-order valence-corrected chi connectivity index (χ2v) is 16.9. The number of phenols is 2. The molecule has 0 saturated carbocycles. The molecule has 0 amide bonds. The van der Waals surface area contributed by atoms with E-state index >= 15 is 0 Å². The Morgan fingerprint density at radius 1 is 0.448 bits per heavy atom. The average molecular weight is 795 g/mol. The smallest absolute Gasteiger partial charge is 0.128 e. The van der Waals surface area contributed by atoms with Crippen LogP contribution in [0.3, 0.4) is 0 Å². The van der Waals surface area contributed by atoms with Crippen molar-refractivity contribution in [3.63, 3.8) is 0 Å². The highest BCUT2D eigenvalue weighted by Gasteiger charge is 2.12. The molecule has 5 nitrogen and oxygen atoms in total. The van der Waals surface area contributed by atoms with Crippen LogP contribution in [0, 0.1) is 6.92 Å². The SMILES string of the molecule is CCCCCCCCCCCc1cc(N=Cc2ccc(C)cc2O)c(N=Cc2ccc(OCCCCCCCCCC)cc2O)cc1CCCCCCCCCCC. The van der Waals surface area contributed by atoms with E-state index in [0.717, 1.165) is 36.2 Å². The van der Waals surface area contributed by atoms with Gasteiger partial charge >= 0.3 is 0 Å². The van der Waals surface area contributed by atoms with E-state index in [1.807, 2.05) is 31.2 Å². The van der Waals surface area contributed by atoms with Gasteiger partial charge < -0.3 is 14.9 Å². The molecule has 3 aromatic rings. The van der Waals surface area contributed by atoms with Gasteiger partial charge in [0.2, 0.25) is 0 Å². The van der Waals surface area contributed by atoms with E-state index in [4.69, 9.17) is 14.7 Å². The summed E-state index contributed by atoms with van der Waals surface area (Å²) in [5, 5.41) is 21.7. The van der Waals surface area contributed by atoms with Gasteiger partial charge in [-0.15, -0.1) is 0 Å².